The van der Waals surface area contributed by atoms with Crippen molar-refractivity contribution >= 4 is 28.6 Å². The van der Waals surface area contributed by atoms with Gasteiger partial charge in [-0.3, -0.25) is 4.79 Å². The zero-order chi connectivity index (χ0) is 13.7. The number of ether oxygens (including phenoxy) is 1. The van der Waals surface area contributed by atoms with Gasteiger partial charge in [-0.15, -0.1) is 11.3 Å². The summed E-state index contributed by atoms with van der Waals surface area (Å²) < 4.78 is 6.61. The summed E-state index contributed by atoms with van der Waals surface area (Å²) in [5.41, 5.74) is 0.877. The summed E-state index contributed by atoms with van der Waals surface area (Å²) in [7, 11) is 1.62. The molecule has 0 fully saturated rings. The van der Waals surface area contributed by atoms with Crippen LogP contribution in [0.5, 0.6) is 0 Å². The number of rotatable bonds is 6. The first-order chi connectivity index (χ1) is 9.19. The van der Waals surface area contributed by atoms with Crippen LogP contribution in [0.25, 0.3) is 0 Å². The lowest BCUT2D eigenvalue weighted by Gasteiger charge is -2.09. The first-order valence-electron chi connectivity index (χ1n) is 5.85. The van der Waals surface area contributed by atoms with Gasteiger partial charge in [-0.1, -0.05) is 11.6 Å². The number of nitrogens with one attached hydrogen (secondary N) is 1. The minimum absolute atomic E-state index is 0.0261. The van der Waals surface area contributed by atoms with E-state index < -0.39 is 0 Å². The number of halogens is 1. The SMILES string of the molecule is COCCn1cc(NCc2cc(Cl)cs2)ccc1=O. The molecule has 0 aliphatic heterocycles. The third kappa shape index (κ3) is 4.09. The maximum absolute atomic E-state index is 11.6. The van der Waals surface area contributed by atoms with Gasteiger partial charge in [0, 0.05) is 42.7 Å². The van der Waals surface area contributed by atoms with Gasteiger partial charge >= 0.3 is 0 Å². The van der Waals surface area contributed by atoms with Gasteiger partial charge in [-0.05, 0) is 12.1 Å². The van der Waals surface area contributed by atoms with Crippen LogP contribution in [-0.2, 0) is 17.8 Å². The first kappa shape index (κ1) is 14.1. The maximum Gasteiger partial charge on any atom is 0.250 e. The van der Waals surface area contributed by atoms with E-state index in [9.17, 15) is 4.79 Å². The summed E-state index contributed by atoms with van der Waals surface area (Å²) >= 11 is 7.48. The van der Waals surface area contributed by atoms with Gasteiger partial charge in [0.25, 0.3) is 5.56 Å². The summed E-state index contributed by atoms with van der Waals surface area (Å²) in [6.45, 7) is 1.76. The molecule has 0 aliphatic carbocycles. The highest BCUT2D eigenvalue weighted by molar-refractivity contribution is 7.10. The van der Waals surface area contributed by atoms with Crippen molar-refractivity contribution in [2.75, 3.05) is 19.0 Å². The molecule has 4 nitrogen and oxygen atoms in total. The van der Waals surface area contributed by atoms with Crippen LogP contribution >= 0.6 is 22.9 Å². The monoisotopic (exact) mass is 298 g/mol. The minimum atomic E-state index is -0.0261. The van der Waals surface area contributed by atoms with Gasteiger partial charge in [-0.2, -0.15) is 0 Å². The number of aromatic nitrogens is 1. The topological polar surface area (TPSA) is 43.3 Å². The van der Waals surface area contributed by atoms with Crippen LogP contribution in [0.4, 0.5) is 5.69 Å². The van der Waals surface area contributed by atoms with Crippen LogP contribution < -0.4 is 10.9 Å². The Kier molecular flexibility index (Phi) is 5.01. The van der Waals surface area contributed by atoms with Crippen LogP contribution in [0.2, 0.25) is 5.02 Å². The first-order valence-corrected chi connectivity index (χ1v) is 7.11. The van der Waals surface area contributed by atoms with Crippen LogP contribution in [-0.4, -0.2) is 18.3 Å². The molecule has 2 rings (SSSR count). The largest absolute Gasteiger partial charge is 0.383 e. The minimum Gasteiger partial charge on any atom is -0.383 e. The van der Waals surface area contributed by atoms with Crippen LogP contribution in [0, 0.1) is 0 Å². The van der Waals surface area contributed by atoms with Crippen molar-refractivity contribution in [3.05, 3.63) is 50.0 Å². The fourth-order valence-electron chi connectivity index (χ4n) is 1.64. The number of hydrogen-bond acceptors (Lipinski definition) is 4. The Labute approximate surface area is 120 Å². The van der Waals surface area contributed by atoms with Crippen molar-refractivity contribution in [2.24, 2.45) is 0 Å². The van der Waals surface area contributed by atoms with Gasteiger partial charge in [0.15, 0.2) is 0 Å². The molecule has 0 amide bonds. The molecule has 0 radical (unpaired) electrons. The molecule has 2 heterocycles. The summed E-state index contributed by atoms with van der Waals surface area (Å²) in [4.78, 5) is 12.8. The zero-order valence-electron chi connectivity index (χ0n) is 10.6. The quantitative estimate of drug-likeness (QED) is 0.892. The van der Waals surface area contributed by atoms with E-state index in [1.165, 1.54) is 0 Å². The third-order valence-corrected chi connectivity index (χ3v) is 3.89. The molecule has 0 bridgehead atoms. The molecule has 0 aliphatic rings. The van der Waals surface area contributed by atoms with Crippen molar-refractivity contribution in [1.29, 1.82) is 0 Å². The average Bonchev–Trinajstić information content (AvgIpc) is 2.82. The number of hydrogen-bond donors (Lipinski definition) is 1. The average molecular weight is 299 g/mol. The van der Waals surface area contributed by atoms with Gasteiger partial charge in [0.05, 0.1) is 17.3 Å². The Hall–Kier alpha value is -1.30. The van der Waals surface area contributed by atoms with Gasteiger partial charge in [-0.25, -0.2) is 0 Å². The van der Waals surface area contributed by atoms with Crippen LogP contribution in [0.1, 0.15) is 4.88 Å². The normalized spacial score (nSPS) is 10.6. The number of nitrogens with zero attached hydrogens (tertiary/aromatic N) is 1. The third-order valence-electron chi connectivity index (χ3n) is 2.61. The second kappa shape index (κ2) is 6.75. The van der Waals surface area contributed by atoms with E-state index in [0.29, 0.717) is 19.7 Å². The lowest BCUT2D eigenvalue weighted by Crippen LogP contribution is -2.21. The Bertz CT molecular complexity index is 594. The number of anilines is 1. The second-order valence-electron chi connectivity index (χ2n) is 4.03. The Balaban J connectivity index is 2.02. The van der Waals surface area contributed by atoms with Crippen molar-refractivity contribution in [2.45, 2.75) is 13.1 Å². The van der Waals surface area contributed by atoms with E-state index in [0.717, 1.165) is 15.6 Å². The van der Waals surface area contributed by atoms with E-state index in [4.69, 9.17) is 16.3 Å². The molecule has 6 heteroatoms. The van der Waals surface area contributed by atoms with Crippen molar-refractivity contribution < 1.29 is 4.74 Å². The Morgan fingerprint density at radius 2 is 2.32 bits per heavy atom. The molecule has 2 aromatic rings. The van der Waals surface area contributed by atoms with Gasteiger partial charge in [0.2, 0.25) is 0 Å². The van der Waals surface area contributed by atoms with Crippen molar-refractivity contribution in [1.82, 2.24) is 4.57 Å². The smallest absolute Gasteiger partial charge is 0.250 e. The highest BCUT2D eigenvalue weighted by Crippen LogP contribution is 2.20. The molecule has 0 atom stereocenters. The number of pyridine rings is 1. The summed E-state index contributed by atoms with van der Waals surface area (Å²) in [5, 5.41) is 5.93. The summed E-state index contributed by atoms with van der Waals surface area (Å²) in [5.74, 6) is 0. The molecule has 0 unspecified atom stereocenters. The Morgan fingerprint density at radius 1 is 1.47 bits per heavy atom. The van der Waals surface area contributed by atoms with Gasteiger partial charge < -0.3 is 14.6 Å². The standard InChI is InChI=1S/C13H15ClN2O2S/c1-18-5-4-16-8-11(2-3-13(16)17)15-7-12-6-10(14)9-19-12/h2-3,6,8-9,15H,4-5,7H2,1H3. The molecule has 0 saturated heterocycles. The highest BCUT2D eigenvalue weighted by Gasteiger charge is 2.01. The lowest BCUT2D eigenvalue weighted by atomic mass is 10.3. The van der Waals surface area contributed by atoms with Crippen LogP contribution in [0.3, 0.4) is 0 Å². The molecule has 0 aromatic carbocycles. The number of thiophene rings is 1. The molecular weight excluding hydrogens is 284 g/mol. The molecular formula is C13H15ClN2O2S. The lowest BCUT2D eigenvalue weighted by molar-refractivity contribution is 0.186. The fourth-order valence-corrected chi connectivity index (χ4v) is 2.65. The van der Waals surface area contributed by atoms with E-state index in [2.05, 4.69) is 5.32 Å². The van der Waals surface area contributed by atoms with E-state index in [-0.39, 0.29) is 5.56 Å². The highest BCUT2D eigenvalue weighted by atomic mass is 35.5. The fraction of sp³-hybridized carbons (Fsp3) is 0.308. The van der Waals surface area contributed by atoms with E-state index >= 15 is 0 Å². The predicted molar refractivity (Wildman–Crippen MR) is 79.2 cm³/mol. The molecule has 0 saturated carbocycles. The van der Waals surface area contributed by atoms with Gasteiger partial charge in [0.1, 0.15) is 0 Å². The molecule has 1 N–H and O–H groups in total. The molecule has 102 valence electrons. The summed E-state index contributed by atoms with van der Waals surface area (Å²) in [6.07, 6.45) is 1.80. The predicted octanol–water partition coefficient (Wildman–Crippen LogP) is 2.82. The summed E-state index contributed by atoms with van der Waals surface area (Å²) in [6, 6.07) is 5.26. The maximum atomic E-state index is 11.6. The number of methoxy groups -OCH3 is 1. The van der Waals surface area contributed by atoms with Crippen LogP contribution in [0.15, 0.2) is 34.6 Å². The van der Waals surface area contributed by atoms with E-state index in [1.807, 2.05) is 11.4 Å². The van der Waals surface area contributed by atoms with E-state index in [1.54, 1.807) is 41.3 Å². The molecule has 2 aromatic heterocycles. The van der Waals surface area contributed by atoms with Crippen molar-refractivity contribution in [3.8, 4) is 0 Å². The zero-order valence-corrected chi connectivity index (χ0v) is 12.1. The second-order valence-corrected chi connectivity index (χ2v) is 5.46. The van der Waals surface area contributed by atoms with Crippen molar-refractivity contribution in [3.63, 3.8) is 0 Å². The molecule has 19 heavy (non-hydrogen) atoms. The Morgan fingerprint density at radius 3 is 3.00 bits per heavy atom. The molecule has 0 spiro atoms.